The highest BCUT2D eigenvalue weighted by molar-refractivity contribution is 7.20. The van der Waals surface area contributed by atoms with E-state index < -0.39 is 0 Å². The van der Waals surface area contributed by atoms with Gasteiger partial charge in [-0.25, -0.2) is 0 Å². The molecule has 0 nitrogen and oxygen atoms in total. The second-order valence-corrected chi connectivity index (χ2v) is 11.8. The largest absolute Gasteiger partial charge is 0.140 e. The Bertz CT molecular complexity index is 1380. The maximum atomic E-state index is 2.46. The molecule has 1 aliphatic carbocycles. The molecule has 2 aromatic heterocycles. The zero-order chi connectivity index (χ0) is 20.8. The normalized spacial score (nSPS) is 15.6. The summed E-state index contributed by atoms with van der Waals surface area (Å²) in [5.41, 5.74) is 0. The Morgan fingerprint density at radius 2 is 1.23 bits per heavy atom. The van der Waals surface area contributed by atoms with Crippen molar-refractivity contribution in [2.75, 3.05) is 0 Å². The van der Waals surface area contributed by atoms with Crippen LogP contribution in [-0.4, -0.2) is 0 Å². The summed E-state index contributed by atoms with van der Waals surface area (Å²) in [5, 5.41) is 8.46. The van der Waals surface area contributed by atoms with Crippen LogP contribution in [0.25, 0.3) is 41.7 Å². The van der Waals surface area contributed by atoms with Crippen molar-refractivity contribution in [2.24, 2.45) is 5.92 Å². The summed E-state index contributed by atoms with van der Waals surface area (Å²) in [6.45, 7) is 2.27. The van der Waals surface area contributed by atoms with E-state index >= 15 is 0 Å². The molecule has 6 rings (SSSR count). The SMILES string of the molecule is CCCc1cc2ccc3cc4c(ccc5cc(CCC6CCCCC6)sc54)cc3c2s1. The number of hydrogen-bond acceptors (Lipinski definition) is 2. The van der Waals surface area contributed by atoms with Gasteiger partial charge in [0.15, 0.2) is 0 Å². The van der Waals surface area contributed by atoms with Gasteiger partial charge in [-0.1, -0.05) is 69.7 Å². The molecular formula is C29H30S2. The highest BCUT2D eigenvalue weighted by Gasteiger charge is 2.15. The quantitative estimate of drug-likeness (QED) is 0.238. The van der Waals surface area contributed by atoms with Crippen LogP contribution >= 0.6 is 22.7 Å². The minimum absolute atomic E-state index is 0.963. The molecule has 0 saturated heterocycles. The second-order valence-electron chi connectivity index (χ2n) is 9.48. The van der Waals surface area contributed by atoms with E-state index in [1.807, 2.05) is 22.7 Å². The first kappa shape index (κ1) is 19.8. The summed E-state index contributed by atoms with van der Waals surface area (Å²) in [5.74, 6) is 0.963. The van der Waals surface area contributed by atoms with E-state index in [1.165, 1.54) is 104 Å². The molecule has 0 unspecified atom stereocenters. The van der Waals surface area contributed by atoms with E-state index in [-0.39, 0.29) is 0 Å². The van der Waals surface area contributed by atoms with E-state index in [4.69, 9.17) is 0 Å². The Morgan fingerprint density at radius 1 is 0.677 bits per heavy atom. The number of aryl methyl sites for hydroxylation is 2. The van der Waals surface area contributed by atoms with Gasteiger partial charge in [0.2, 0.25) is 0 Å². The first-order valence-electron chi connectivity index (χ1n) is 12.1. The van der Waals surface area contributed by atoms with Gasteiger partial charge in [0, 0.05) is 29.9 Å². The molecule has 0 amide bonds. The van der Waals surface area contributed by atoms with Crippen LogP contribution in [0, 0.1) is 5.92 Å². The van der Waals surface area contributed by atoms with Crippen LogP contribution in [0.3, 0.4) is 0 Å². The van der Waals surface area contributed by atoms with Crippen LogP contribution in [0.4, 0.5) is 0 Å². The van der Waals surface area contributed by atoms with Gasteiger partial charge in [-0.15, -0.1) is 22.7 Å². The lowest BCUT2D eigenvalue weighted by Gasteiger charge is -2.20. The van der Waals surface area contributed by atoms with Crippen molar-refractivity contribution in [2.45, 2.75) is 64.7 Å². The molecule has 0 bridgehead atoms. The zero-order valence-corrected chi connectivity index (χ0v) is 20.0. The van der Waals surface area contributed by atoms with Gasteiger partial charge in [-0.05, 0) is 71.0 Å². The van der Waals surface area contributed by atoms with E-state index in [0.717, 1.165) is 5.92 Å². The molecule has 5 aromatic rings. The molecule has 0 atom stereocenters. The standard InChI is InChI=1S/C29H30S2/c1-2-6-24-15-22-12-10-20-18-27-21(17-26(20)28(22)30-24)11-13-23-16-25(31-29(23)27)14-9-19-7-4-3-5-8-19/h10-13,15-19H,2-9,14H2,1H3. The van der Waals surface area contributed by atoms with E-state index in [0.29, 0.717) is 0 Å². The second kappa shape index (κ2) is 8.22. The van der Waals surface area contributed by atoms with Crippen LogP contribution in [-0.2, 0) is 12.8 Å². The lowest BCUT2D eigenvalue weighted by atomic mass is 9.86. The molecule has 2 heteroatoms. The van der Waals surface area contributed by atoms with Crippen LogP contribution < -0.4 is 0 Å². The smallest absolute Gasteiger partial charge is 0.0424 e. The number of thiophene rings is 2. The number of benzene rings is 3. The lowest BCUT2D eigenvalue weighted by molar-refractivity contribution is 0.340. The Balaban J connectivity index is 1.40. The van der Waals surface area contributed by atoms with Gasteiger partial charge in [0.05, 0.1) is 0 Å². The minimum atomic E-state index is 0.963. The third-order valence-corrected chi connectivity index (χ3v) is 9.73. The van der Waals surface area contributed by atoms with Gasteiger partial charge in [-0.3, -0.25) is 0 Å². The third kappa shape index (κ3) is 3.68. The molecule has 0 spiro atoms. The fraction of sp³-hybridized carbons (Fsp3) is 0.379. The summed E-state index contributed by atoms with van der Waals surface area (Å²) in [7, 11) is 0. The Hall–Kier alpha value is -1.90. The van der Waals surface area contributed by atoms with E-state index in [1.54, 1.807) is 4.88 Å². The monoisotopic (exact) mass is 442 g/mol. The molecule has 0 aliphatic heterocycles. The minimum Gasteiger partial charge on any atom is -0.140 e. The molecule has 1 fully saturated rings. The summed E-state index contributed by atoms with van der Waals surface area (Å²) >= 11 is 4.03. The Labute approximate surface area is 192 Å². The van der Waals surface area contributed by atoms with Crippen molar-refractivity contribution in [3.05, 3.63) is 58.3 Å². The molecule has 1 saturated carbocycles. The summed E-state index contributed by atoms with van der Waals surface area (Å²) in [4.78, 5) is 3.09. The predicted molar refractivity (Wildman–Crippen MR) is 141 cm³/mol. The number of rotatable bonds is 5. The summed E-state index contributed by atoms with van der Waals surface area (Å²) in [6, 6.07) is 19.1. The average Bonchev–Trinajstić information content (AvgIpc) is 3.41. The molecular weight excluding hydrogens is 412 g/mol. The molecule has 2 heterocycles. The first-order valence-corrected chi connectivity index (χ1v) is 13.7. The maximum absolute atomic E-state index is 2.46. The molecule has 158 valence electrons. The van der Waals surface area contributed by atoms with Crippen LogP contribution in [0.1, 0.15) is 61.6 Å². The van der Waals surface area contributed by atoms with Crippen molar-refractivity contribution < 1.29 is 0 Å². The number of hydrogen-bond donors (Lipinski definition) is 0. The average molecular weight is 443 g/mol. The van der Waals surface area contributed by atoms with E-state index in [9.17, 15) is 0 Å². The molecule has 3 aromatic carbocycles. The number of fused-ring (bicyclic) bond motifs is 6. The first-order chi connectivity index (χ1) is 15.3. The van der Waals surface area contributed by atoms with Gasteiger partial charge >= 0.3 is 0 Å². The van der Waals surface area contributed by atoms with Crippen LogP contribution in [0.15, 0.2) is 48.5 Å². The predicted octanol–water partition coefficient (Wildman–Crippen LogP) is 9.89. The summed E-state index contributed by atoms with van der Waals surface area (Å²) in [6.07, 6.45) is 12.3. The van der Waals surface area contributed by atoms with Crippen LogP contribution in [0.5, 0.6) is 0 Å². The topological polar surface area (TPSA) is 0 Å². The highest BCUT2D eigenvalue weighted by Crippen LogP contribution is 2.39. The van der Waals surface area contributed by atoms with Gasteiger partial charge in [0.1, 0.15) is 0 Å². The molecule has 31 heavy (non-hydrogen) atoms. The molecule has 0 N–H and O–H groups in total. The van der Waals surface area contributed by atoms with Crippen molar-refractivity contribution in [3.8, 4) is 0 Å². The molecule has 0 radical (unpaired) electrons. The highest BCUT2D eigenvalue weighted by atomic mass is 32.1. The fourth-order valence-electron chi connectivity index (χ4n) is 5.56. The summed E-state index contributed by atoms with van der Waals surface area (Å²) < 4.78 is 2.94. The fourth-order valence-corrected chi connectivity index (χ4v) is 8.05. The maximum Gasteiger partial charge on any atom is 0.0424 e. The van der Waals surface area contributed by atoms with Crippen LogP contribution in [0.2, 0.25) is 0 Å². The van der Waals surface area contributed by atoms with Crippen molar-refractivity contribution >= 4 is 64.4 Å². The van der Waals surface area contributed by atoms with E-state index in [2.05, 4.69) is 55.5 Å². The Kier molecular flexibility index (Phi) is 5.24. The third-order valence-electron chi connectivity index (χ3n) is 7.24. The zero-order valence-electron chi connectivity index (χ0n) is 18.4. The van der Waals surface area contributed by atoms with Gasteiger partial charge in [-0.2, -0.15) is 0 Å². The van der Waals surface area contributed by atoms with Gasteiger partial charge < -0.3 is 0 Å². The molecule has 1 aliphatic rings. The van der Waals surface area contributed by atoms with Crippen molar-refractivity contribution in [3.63, 3.8) is 0 Å². The van der Waals surface area contributed by atoms with Crippen molar-refractivity contribution in [1.82, 2.24) is 0 Å². The van der Waals surface area contributed by atoms with Gasteiger partial charge in [0.25, 0.3) is 0 Å². The Morgan fingerprint density at radius 3 is 1.81 bits per heavy atom. The lowest BCUT2D eigenvalue weighted by Crippen LogP contribution is -2.06. The van der Waals surface area contributed by atoms with Crippen molar-refractivity contribution in [1.29, 1.82) is 0 Å².